The van der Waals surface area contributed by atoms with E-state index in [1.165, 1.54) is 14.2 Å². The predicted octanol–water partition coefficient (Wildman–Crippen LogP) is 4.19. The van der Waals surface area contributed by atoms with Crippen LogP contribution in [0.2, 0.25) is 0 Å². The number of nitrogens with zero attached hydrogens (tertiary/aromatic N) is 1. The summed E-state index contributed by atoms with van der Waals surface area (Å²) < 4.78 is 1.19. The third-order valence-corrected chi connectivity index (χ3v) is 6.02. The molecule has 2 atom stereocenters. The Kier molecular flexibility index (Phi) is 5.42. The number of nitrogens with two attached hydrogens (primary N) is 1. The summed E-state index contributed by atoms with van der Waals surface area (Å²) in [5, 5.41) is 0. The number of likely N-dealkylation sites (N-methyl/N-ethyl adjacent to an activating group) is 1. The van der Waals surface area contributed by atoms with Crippen LogP contribution in [0.1, 0.15) is 43.5 Å². The van der Waals surface area contributed by atoms with E-state index < -0.39 is 0 Å². The van der Waals surface area contributed by atoms with Crippen molar-refractivity contribution in [3.63, 3.8) is 0 Å². The molecule has 0 fully saturated rings. The van der Waals surface area contributed by atoms with Gasteiger partial charge < -0.3 is 5.73 Å². The first kappa shape index (κ1) is 16.2. The molecule has 18 heavy (non-hydrogen) atoms. The van der Waals surface area contributed by atoms with E-state index in [1.54, 1.807) is 0 Å². The first-order valence-electron chi connectivity index (χ1n) is 6.36. The summed E-state index contributed by atoms with van der Waals surface area (Å²) in [6.07, 6.45) is 0. The quantitative estimate of drug-likeness (QED) is 0.895. The van der Waals surface area contributed by atoms with Crippen molar-refractivity contribution in [2.75, 3.05) is 13.6 Å². The molecule has 0 aromatic carbocycles. The number of hydrogen-bond acceptors (Lipinski definition) is 3. The van der Waals surface area contributed by atoms with Crippen molar-refractivity contribution in [1.29, 1.82) is 0 Å². The highest BCUT2D eigenvalue weighted by atomic mass is 79.9. The van der Waals surface area contributed by atoms with Gasteiger partial charge in [0.05, 0.1) is 6.04 Å². The van der Waals surface area contributed by atoms with Crippen LogP contribution in [0.25, 0.3) is 0 Å². The van der Waals surface area contributed by atoms with Crippen LogP contribution in [0.15, 0.2) is 10.5 Å². The molecule has 0 amide bonds. The normalized spacial score (nSPS) is 16.1. The van der Waals surface area contributed by atoms with Crippen LogP contribution < -0.4 is 5.73 Å². The van der Waals surface area contributed by atoms with Gasteiger partial charge in [0.2, 0.25) is 0 Å². The van der Waals surface area contributed by atoms with Gasteiger partial charge in [0, 0.05) is 26.8 Å². The molecule has 0 radical (unpaired) electrons. The van der Waals surface area contributed by atoms with Crippen molar-refractivity contribution in [2.45, 2.75) is 46.7 Å². The Hall–Kier alpha value is 0.100. The second-order valence-electron chi connectivity index (χ2n) is 6.01. The largest absolute Gasteiger partial charge is 0.329 e. The second kappa shape index (κ2) is 6.04. The Labute approximate surface area is 124 Å². The Morgan fingerprint density at radius 1 is 1.44 bits per heavy atom. The van der Waals surface area contributed by atoms with Crippen LogP contribution in [0.3, 0.4) is 0 Å². The van der Waals surface area contributed by atoms with Gasteiger partial charge in [-0.1, -0.05) is 20.8 Å². The van der Waals surface area contributed by atoms with Crippen LogP contribution in [-0.4, -0.2) is 24.5 Å². The van der Waals surface area contributed by atoms with Crippen LogP contribution in [-0.2, 0) is 0 Å². The zero-order valence-electron chi connectivity index (χ0n) is 12.2. The highest BCUT2D eigenvalue weighted by molar-refractivity contribution is 9.10. The Balaban J connectivity index is 2.96. The molecule has 2 N–H and O–H groups in total. The van der Waals surface area contributed by atoms with E-state index in [1.807, 2.05) is 11.3 Å². The molecule has 1 aromatic heterocycles. The zero-order valence-corrected chi connectivity index (χ0v) is 14.7. The molecule has 2 unspecified atom stereocenters. The topological polar surface area (TPSA) is 29.3 Å². The van der Waals surface area contributed by atoms with Crippen molar-refractivity contribution in [3.8, 4) is 0 Å². The molecule has 4 heteroatoms. The molecule has 0 saturated carbocycles. The molecular formula is C14H25BrN2S. The van der Waals surface area contributed by atoms with Crippen LogP contribution in [0.4, 0.5) is 0 Å². The van der Waals surface area contributed by atoms with E-state index in [0.29, 0.717) is 18.6 Å². The highest BCUT2D eigenvalue weighted by Crippen LogP contribution is 2.35. The highest BCUT2D eigenvalue weighted by Gasteiger charge is 2.29. The van der Waals surface area contributed by atoms with Crippen molar-refractivity contribution in [1.82, 2.24) is 4.90 Å². The van der Waals surface area contributed by atoms with E-state index in [-0.39, 0.29) is 5.41 Å². The lowest BCUT2D eigenvalue weighted by Gasteiger charge is -2.39. The maximum absolute atomic E-state index is 6.00. The SMILES string of the molecule is Cc1sc(C(CN)N(C)C(C)C(C)(C)C)cc1Br. The smallest absolute Gasteiger partial charge is 0.0564 e. The predicted molar refractivity (Wildman–Crippen MR) is 85.2 cm³/mol. The third kappa shape index (κ3) is 3.56. The summed E-state index contributed by atoms with van der Waals surface area (Å²) in [6, 6.07) is 2.99. The molecule has 0 aliphatic carbocycles. The molecule has 0 aliphatic rings. The van der Waals surface area contributed by atoms with Crippen LogP contribution in [0, 0.1) is 12.3 Å². The summed E-state index contributed by atoms with van der Waals surface area (Å²) in [7, 11) is 2.18. The molecule has 0 bridgehead atoms. The molecule has 1 rings (SSSR count). The molecule has 0 aliphatic heterocycles. The summed E-state index contributed by atoms with van der Waals surface area (Å²) >= 11 is 5.43. The van der Waals surface area contributed by atoms with Gasteiger partial charge in [0.1, 0.15) is 0 Å². The van der Waals surface area contributed by atoms with Crippen LogP contribution >= 0.6 is 27.3 Å². The van der Waals surface area contributed by atoms with Gasteiger partial charge in [-0.05, 0) is 48.3 Å². The fourth-order valence-electron chi connectivity index (χ4n) is 2.01. The first-order chi connectivity index (χ1) is 8.18. The molecular weight excluding hydrogens is 308 g/mol. The van der Waals surface area contributed by atoms with Gasteiger partial charge >= 0.3 is 0 Å². The number of aryl methyl sites for hydroxylation is 1. The number of hydrogen-bond donors (Lipinski definition) is 1. The number of thiophene rings is 1. The van der Waals surface area contributed by atoms with Gasteiger partial charge in [-0.25, -0.2) is 0 Å². The fourth-order valence-corrected chi connectivity index (χ4v) is 3.74. The molecule has 1 aromatic rings. The minimum absolute atomic E-state index is 0.256. The van der Waals surface area contributed by atoms with Crippen LogP contribution in [0.5, 0.6) is 0 Å². The van der Waals surface area contributed by atoms with Crippen molar-refractivity contribution in [2.24, 2.45) is 11.1 Å². The minimum Gasteiger partial charge on any atom is -0.329 e. The van der Waals surface area contributed by atoms with E-state index in [0.717, 1.165) is 0 Å². The van der Waals surface area contributed by atoms with Crippen molar-refractivity contribution >= 4 is 27.3 Å². The van der Waals surface area contributed by atoms with E-state index >= 15 is 0 Å². The zero-order chi connectivity index (χ0) is 14.1. The Morgan fingerprint density at radius 3 is 2.33 bits per heavy atom. The van der Waals surface area contributed by atoms with Crippen molar-refractivity contribution < 1.29 is 0 Å². The summed E-state index contributed by atoms with van der Waals surface area (Å²) in [6.45, 7) is 11.9. The summed E-state index contributed by atoms with van der Waals surface area (Å²) in [5.41, 5.74) is 6.25. The third-order valence-electron chi connectivity index (χ3n) is 3.78. The first-order valence-corrected chi connectivity index (χ1v) is 7.97. The lowest BCUT2D eigenvalue weighted by molar-refractivity contribution is 0.102. The monoisotopic (exact) mass is 332 g/mol. The van der Waals surface area contributed by atoms with E-state index in [2.05, 4.69) is 68.6 Å². The molecule has 0 spiro atoms. The maximum atomic E-state index is 6.00. The fraction of sp³-hybridized carbons (Fsp3) is 0.714. The Bertz CT molecular complexity index is 375. The molecule has 104 valence electrons. The lowest BCUT2D eigenvalue weighted by atomic mass is 9.86. The lowest BCUT2D eigenvalue weighted by Crippen LogP contribution is -2.43. The molecule has 2 nitrogen and oxygen atoms in total. The van der Waals surface area contributed by atoms with Gasteiger partial charge in [-0.2, -0.15) is 0 Å². The summed E-state index contributed by atoms with van der Waals surface area (Å²) in [5.74, 6) is 0. The standard InChI is InChI=1S/C14H25BrN2S/c1-9-11(15)7-13(18-9)12(8-16)17(6)10(2)14(3,4)5/h7,10,12H,8,16H2,1-6H3. The maximum Gasteiger partial charge on any atom is 0.0564 e. The number of rotatable bonds is 4. The average Bonchev–Trinajstić information content (AvgIpc) is 2.57. The summed E-state index contributed by atoms with van der Waals surface area (Å²) in [4.78, 5) is 5.07. The van der Waals surface area contributed by atoms with Crippen molar-refractivity contribution in [3.05, 3.63) is 20.3 Å². The second-order valence-corrected chi connectivity index (χ2v) is 8.15. The minimum atomic E-state index is 0.256. The van der Waals surface area contributed by atoms with Gasteiger partial charge in [0.15, 0.2) is 0 Å². The van der Waals surface area contributed by atoms with Gasteiger partial charge in [0.25, 0.3) is 0 Å². The average molecular weight is 333 g/mol. The Morgan fingerprint density at radius 2 is 2.00 bits per heavy atom. The van der Waals surface area contributed by atoms with Gasteiger partial charge in [-0.15, -0.1) is 11.3 Å². The number of halogens is 1. The molecule has 1 heterocycles. The molecule has 0 saturated heterocycles. The van der Waals surface area contributed by atoms with Gasteiger partial charge in [-0.3, -0.25) is 4.90 Å². The van der Waals surface area contributed by atoms with E-state index in [9.17, 15) is 0 Å². The van der Waals surface area contributed by atoms with E-state index in [4.69, 9.17) is 5.73 Å².